The van der Waals surface area contributed by atoms with Gasteiger partial charge in [-0.05, 0) is 6.92 Å². The van der Waals surface area contributed by atoms with Gasteiger partial charge in [-0.2, -0.15) is 0 Å². The molecule has 1 aromatic rings. The highest BCUT2D eigenvalue weighted by Crippen LogP contribution is 2.10. The number of aryl methyl sites for hydroxylation is 1. The minimum Gasteiger partial charge on any atom is -0.384 e. The Kier molecular flexibility index (Phi) is 4.25. The first-order valence-corrected chi connectivity index (χ1v) is 5.55. The zero-order chi connectivity index (χ0) is 13.0. The van der Waals surface area contributed by atoms with Crippen LogP contribution in [0.1, 0.15) is 19.7 Å². The van der Waals surface area contributed by atoms with Crippen molar-refractivity contribution < 1.29 is 4.79 Å². The zero-order valence-electron chi connectivity index (χ0n) is 10.7. The second kappa shape index (κ2) is 5.47. The number of hydrogen-bond acceptors (Lipinski definition) is 5. The number of nitrogen functional groups attached to an aromatic ring is 1. The lowest BCUT2D eigenvalue weighted by molar-refractivity contribution is -0.129. The van der Waals surface area contributed by atoms with E-state index in [1.807, 2.05) is 6.92 Å². The van der Waals surface area contributed by atoms with Gasteiger partial charge in [-0.25, -0.2) is 9.97 Å². The summed E-state index contributed by atoms with van der Waals surface area (Å²) in [5, 5.41) is 3.02. The summed E-state index contributed by atoms with van der Waals surface area (Å²) in [6, 6.07) is 1.28. The van der Waals surface area contributed by atoms with Crippen molar-refractivity contribution in [1.29, 1.82) is 0 Å². The molecule has 3 N–H and O–H groups in total. The largest absolute Gasteiger partial charge is 0.384 e. The van der Waals surface area contributed by atoms with E-state index in [0.717, 1.165) is 0 Å². The number of carbonyl (C=O) groups excluding carboxylic acids is 1. The van der Waals surface area contributed by atoms with Crippen LogP contribution in [0.4, 0.5) is 11.6 Å². The van der Waals surface area contributed by atoms with Crippen molar-refractivity contribution in [3.05, 3.63) is 11.9 Å². The third-order valence-corrected chi connectivity index (χ3v) is 2.28. The van der Waals surface area contributed by atoms with Crippen molar-refractivity contribution in [1.82, 2.24) is 14.9 Å². The molecule has 6 nitrogen and oxygen atoms in total. The molecular formula is C11H19N5O. The van der Waals surface area contributed by atoms with Crippen LogP contribution in [0.2, 0.25) is 0 Å². The van der Waals surface area contributed by atoms with E-state index in [-0.39, 0.29) is 11.9 Å². The topological polar surface area (TPSA) is 84.1 Å². The summed E-state index contributed by atoms with van der Waals surface area (Å²) in [6.07, 6.45) is 0.704. The number of rotatable bonds is 4. The van der Waals surface area contributed by atoms with Gasteiger partial charge in [0.2, 0.25) is 5.91 Å². The minimum atomic E-state index is -0.344. The van der Waals surface area contributed by atoms with Gasteiger partial charge in [0.05, 0.1) is 0 Å². The van der Waals surface area contributed by atoms with Crippen LogP contribution in [0, 0.1) is 0 Å². The highest BCUT2D eigenvalue weighted by molar-refractivity contribution is 5.83. The maximum Gasteiger partial charge on any atom is 0.244 e. The molecule has 0 aromatic carbocycles. The number of carbonyl (C=O) groups is 1. The van der Waals surface area contributed by atoms with Crippen molar-refractivity contribution in [3.8, 4) is 0 Å². The van der Waals surface area contributed by atoms with Crippen molar-refractivity contribution in [2.45, 2.75) is 26.3 Å². The molecule has 0 saturated heterocycles. The lowest BCUT2D eigenvalue weighted by Gasteiger charge is -2.18. The summed E-state index contributed by atoms with van der Waals surface area (Å²) >= 11 is 0. The van der Waals surface area contributed by atoms with Crippen LogP contribution >= 0.6 is 0 Å². The van der Waals surface area contributed by atoms with Crippen molar-refractivity contribution >= 4 is 17.5 Å². The average Bonchev–Trinajstić information content (AvgIpc) is 2.26. The summed E-state index contributed by atoms with van der Waals surface area (Å²) in [7, 11) is 3.43. The summed E-state index contributed by atoms with van der Waals surface area (Å²) in [4.78, 5) is 21.5. The zero-order valence-corrected chi connectivity index (χ0v) is 10.7. The number of anilines is 2. The van der Waals surface area contributed by atoms with Gasteiger partial charge in [0.15, 0.2) is 0 Å². The Morgan fingerprint density at radius 1 is 1.53 bits per heavy atom. The second-order valence-electron chi connectivity index (χ2n) is 4.05. The molecule has 0 aliphatic rings. The first kappa shape index (κ1) is 13.2. The molecule has 0 aliphatic carbocycles. The molecule has 1 rings (SSSR count). The summed E-state index contributed by atoms with van der Waals surface area (Å²) in [5.41, 5.74) is 5.66. The Hall–Kier alpha value is -1.85. The van der Waals surface area contributed by atoms with Gasteiger partial charge < -0.3 is 16.0 Å². The SMILES string of the molecule is CCc1nc(N)cc(NC(C)C(=O)N(C)C)n1. The number of amides is 1. The van der Waals surface area contributed by atoms with Gasteiger partial charge in [-0.1, -0.05) is 6.92 Å². The molecule has 0 saturated carbocycles. The molecule has 0 radical (unpaired) electrons. The van der Waals surface area contributed by atoms with E-state index in [9.17, 15) is 4.79 Å². The van der Waals surface area contributed by atoms with Gasteiger partial charge >= 0.3 is 0 Å². The molecule has 0 spiro atoms. The van der Waals surface area contributed by atoms with Gasteiger partial charge in [-0.3, -0.25) is 4.79 Å². The Bertz CT molecular complexity index is 405. The molecule has 0 aliphatic heterocycles. The summed E-state index contributed by atoms with van der Waals surface area (Å²) < 4.78 is 0. The molecule has 1 amide bonds. The monoisotopic (exact) mass is 237 g/mol. The number of nitrogens with zero attached hydrogens (tertiary/aromatic N) is 3. The lowest BCUT2D eigenvalue weighted by Crippen LogP contribution is -2.36. The van der Waals surface area contributed by atoms with Crippen molar-refractivity contribution in [3.63, 3.8) is 0 Å². The molecule has 0 fully saturated rings. The Labute approximate surface area is 101 Å². The third-order valence-electron chi connectivity index (χ3n) is 2.28. The molecule has 17 heavy (non-hydrogen) atoms. The van der Waals surface area contributed by atoms with E-state index in [0.29, 0.717) is 23.9 Å². The molecule has 1 heterocycles. The number of likely N-dealkylation sites (N-methyl/N-ethyl adjacent to an activating group) is 1. The predicted octanol–water partition coefficient (Wildman–Crippen LogP) is 0.510. The average molecular weight is 237 g/mol. The highest BCUT2D eigenvalue weighted by Gasteiger charge is 2.15. The summed E-state index contributed by atoms with van der Waals surface area (Å²) in [5.74, 6) is 1.64. The first-order chi connectivity index (χ1) is 7.93. The van der Waals surface area contributed by atoms with Gasteiger partial charge in [0.1, 0.15) is 23.5 Å². The molecule has 1 atom stereocenters. The standard InChI is InChI=1S/C11H19N5O/c1-5-9-14-8(12)6-10(15-9)13-7(2)11(17)16(3)4/h6-7H,5H2,1-4H3,(H3,12,13,14,15). The van der Waals surface area contributed by atoms with Crippen LogP contribution < -0.4 is 11.1 Å². The van der Waals surface area contributed by atoms with Crippen LogP contribution in [0.25, 0.3) is 0 Å². The molecule has 94 valence electrons. The van der Waals surface area contributed by atoms with E-state index in [2.05, 4.69) is 15.3 Å². The lowest BCUT2D eigenvalue weighted by atomic mass is 10.3. The Morgan fingerprint density at radius 3 is 2.71 bits per heavy atom. The maximum atomic E-state index is 11.7. The number of nitrogens with one attached hydrogen (secondary N) is 1. The second-order valence-corrected chi connectivity index (χ2v) is 4.05. The fourth-order valence-corrected chi connectivity index (χ4v) is 1.42. The normalized spacial score (nSPS) is 12.0. The molecule has 0 bridgehead atoms. The van der Waals surface area contributed by atoms with E-state index in [4.69, 9.17) is 5.73 Å². The predicted molar refractivity (Wildman–Crippen MR) is 67.6 cm³/mol. The van der Waals surface area contributed by atoms with Gasteiger partial charge in [0.25, 0.3) is 0 Å². The van der Waals surface area contributed by atoms with Crippen LogP contribution in [0.3, 0.4) is 0 Å². The van der Waals surface area contributed by atoms with Gasteiger partial charge in [0, 0.05) is 26.6 Å². The van der Waals surface area contributed by atoms with E-state index in [1.165, 1.54) is 4.90 Å². The van der Waals surface area contributed by atoms with E-state index in [1.54, 1.807) is 27.1 Å². The molecular weight excluding hydrogens is 218 g/mol. The molecule has 6 heteroatoms. The van der Waals surface area contributed by atoms with Crippen molar-refractivity contribution in [2.75, 3.05) is 25.1 Å². The van der Waals surface area contributed by atoms with Crippen LogP contribution in [0.15, 0.2) is 6.07 Å². The maximum absolute atomic E-state index is 11.7. The molecule has 1 aromatic heterocycles. The molecule has 1 unspecified atom stereocenters. The third kappa shape index (κ3) is 3.58. The van der Waals surface area contributed by atoms with Crippen LogP contribution in [-0.2, 0) is 11.2 Å². The quantitative estimate of drug-likeness (QED) is 0.797. The minimum absolute atomic E-state index is 0.0137. The highest BCUT2D eigenvalue weighted by atomic mass is 16.2. The van der Waals surface area contributed by atoms with Crippen LogP contribution in [-0.4, -0.2) is 40.9 Å². The number of nitrogens with two attached hydrogens (primary N) is 1. The van der Waals surface area contributed by atoms with Crippen molar-refractivity contribution in [2.24, 2.45) is 0 Å². The first-order valence-electron chi connectivity index (χ1n) is 5.55. The Balaban J connectivity index is 2.81. The van der Waals surface area contributed by atoms with E-state index < -0.39 is 0 Å². The number of aromatic nitrogens is 2. The van der Waals surface area contributed by atoms with Crippen LogP contribution in [0.5, 0.6) is 0 Å². The van der Waals surface area contributed by atoms with Gasteiger partial charge in [-0.15, -0.1) is 0 Å². The smallest absolute Gasteiger partial charge is 0.244 e. The Morgan fingerprint density at radius 2 is 2.18 bits per heavy atom. The fraction of sp³-hybridized carbons (Fsp3) is 0.545. The van der Waals surface area contributed by atoms with E-state index >= 15 is 0 Å². The fourth-order valence-electron chi connectivity index (χ4n) is 1.42. The summed E-state index contributed by atoms with van der Waals surface area (Å²) in [6.45, 7) is 3.74. The number of hydrogen-bond donors (Lipinski definition) is 2.